The van der Waals surface area contributed by atoms with Crippen LogP contribution in [0.5, 0.6) is 0 Å². The van der Waals surface area contributed by atoms with Gasteiger partial charge in [-0.1, -0.05) is 30.3 Å². The Morgan fingerprint density at radius 2 is 1.63 bits per heavy atom. The molecule has 1 amide bonds. The van der Waals surface area contributed by atoms with E-state index in [9.17, 15) is 13.2 Å². The highest BCUT2D eigenvalue weighted by Gasteiger charge is 2.28. The number of benzene rings is 2. The standard InChI is InChI=1S/C22H30N4O3S/c1-18(26(30(3,28)29)21-7-5-4-6-8-21)22(27)23-17-19-9-11-20(12-10-19)25-15-13-24(2)14-16-25/h4-12,18H,13-17H2,1-3H3,(H,23,27)/t18-/m1/s1. The molecule has 0 unspecified atom stereocenters. The van der Waals surface area contributed by atoms with E-state index >= 15 is 0 Å². The summed E-state index contributed by atoms with van der Waals surface area (Å²) in [5.74, 6) is -0.340. The normalized spacial score (nSPS) is 16.2. The predicted molar refractivity (Wildman–Crippen MR) is 121 cm³/mol. The molecule has 30 heavy (non-hydrogen) atoms. The number of nitrogens with one attached hydrogen (secondary N) is 1. The van der Waals surface area contributed by atoms with Crippen LogP contribution in [0.3, 0.4) is 0 Å². The van der Waals surface area contributed by atoms with Gasteiger partial charge < -0.3 is 15.1 Å². The van der Waals surface area contributed by atoms with E-state index in [1.165, 1.54) is 5.69 Å². The second-order valence-electron chi connectivity index (χ2n) is 7.74. The highest BCUT2D eigenvalue weighted by Crippen LogP contribution is 2.21. The molecule has 1 aliphatic heterocycles. The molecule has 1 atom stereocenters. The zero-order valence-corrected chi connectivity index (χ0v) is 18.6. The van der Waals surface area contributed by atoms with Crippen LogP contribution in [0.4, 0.5) is 11.4 Å². The Morgan fingerprint density at radius 1 is 1.03 bits per heavy atom. The summed E-state index contributed by atoms with van der Waals surface area (Å²) in [5, 5.41) is 2.86. The molecule has 0 radical (unpaired) electrons. The van der Waals surface area contributed by atoms with E-state index in [1.54, 1.807) is 37.3 Å². The molecule has 1 fully saturated rings. The Kier molecular flexibility index (Phi) is 6.99. The average Bonchev–Trinajstić information content (AvgIpc) is 2.73. The van der Waals surface area contributed by atoms with E-state index in [2.05, 4.69) is 34.3 Å². The van der Waals surface area contributed by atoms with Crippen LogP contribution in [0.15, 0.2) is 54.6 Å². The summed E-state index contributed by atoms with van der Waals surface area (Å²) in [4.78, 5) is 17.4. The number of piperazine rings is 1. The molecule has 1 aliphatic rings. The van der Waals surface area contributed by atoms with Crippen molar-refractivity contribution in [1.82, 2.24) is 10.2 Å². The van der Waals surface area contributed by atoms with Crippen molar-refractivity contribution >= 4 is 27.3 Å². The van der Waals surface area contributed by atoms with Gasteiger partial charge in [-0.15, -0.1) is 0 Å². The molecule has 3 rings (SSSR count). The maximum absolute atomic E-state index is 12.7. The molecule has 0 spiro atoms. The topological polar surface area (TPSA) is 73.0 Å². The fourth-order valence-corrected chi connectivity index (χ4v) is 4.78. The first-order valence-electron chi connectivity index (χ1n) is 10.1. The van der Waals surface area contributed by atoms with Crippen LogP contribution in [-0.2, 0) is 21.4 Å². The van der Waals surface area contributed by atoms with Crippen LogP contribution >= 0.6 is 0 Å². The van der Waals surface area contributed by atoms with Crippen molar-refractivity contribution in [2.75, 3.05) is 48.7 Å². The lowest BCUT2D eigenvalue weighted by Gasteiger charge is -2.34. The van der Waals surface area contributed by atoms with Gasteiger partial charge in [-0.3, -0.25) is 9.10 Å². The molecule has 1 saturated heterocycles. The Hall–Kier alpha value is -2.58. The van der Waals surface area contributed by atoms with Crippen molar-refractivity contribution in [2.45, 2.75) is 19.5 Å². The number of rotatable bonds is 7. The van der Waals surface area contributed by atoms with Crippen LogP contribution in [0, 0.1) is 0 Å². The van der Waals surface area contributed by atoms with Gasteiger partial charge in [-0.25, -0.2) is 8.42 Å². The zero-order chi connectivity index (χ0) is 21.7. The van der Waals surface area contributed by atoms with E-state index in [1.807, 2.05) is 12.1 Å². The molecule has 0 saturated carbocycles. The largest absolute Gasteiger partial charge is 0.369 e. The van der Waals surface area contributed by atoms with Gasteiger partial charge >= 0.3 is 0 Å². The van der Waals surface area contributed by atoms with Crippen molar-refractivity contribution in [1.29, 1.82) is 0 Å². The third kappa shape index (κ3) is 5.52. The molecule has 1 heterocycles. The highest BCUT2D eigenvalue weighted by molar-refractivity contribution is 7.92. The minimum atomic E-state index is -3.60. The van der Waals surface area contributed by atoms with Gasteiger partial charge in [-0.05, 0) is 43.8 Å². The highest BCUT2D eigenvalue weighted by atomic mass is 32.2. The molecular formula is C22H30N4O3S. The number of amides is 1. The molecule has 0 aromatic heterocycles. The number of nitrogens with zero attached hydrogens (tertiary/aromatic N) is 3. The number of anilines is 2. The Bertz CT molecular complexity index is 940. The van der Waals surface area contributed by atoms with E-state index in [-0.39, 0.29) is 5.91 Å². The molecule has 162 valence electrons. The van der Waals surface area contributed by atoms with Crippen molar-refractivity contribution in [3.8, 4) is 0 Å². The predicted octanol–water partition coefficient (Wildman–Crippen LogP) is 1.91. The molecule has 7 nitrogen and oxygen atoms in total. The minimum Gasteiger partial charge on any atom is -0.369 e. The fourth-order valence-electron chi connectivity index (χ4n) is 3.61. The number of hydrogen-bond acceptors (Lipinski definition) is 5. The first-order valence-corrected chi connectivity index (χ1v) is 11.9. The van der Waals surface area contributed by atoms with Crippen LogP contribution in [0.25, 0.3) is 0 Å². The summed E-state index contributed by atoms with van der Waals surface area (Å²) in [6.07, 6.45) is 1.11. The molecule has 8 heteroatoms. The van der Waals surface area contributed by atoms with E-state index in [4.69, 9.17) is 0 Å². The second kappa shape index (κ2) is 9.49. The molecule has 2 aromatic rings. The summed E-state index contributed by atoms with van der Waals surface area (Å²) in [6, 6.07) is 16.0. The van der Waals surface area contributed by atoms with Gasteiger partial charge in [0, 0.05) is 38.4 Å². The zero-order valence-electron chi connectivity index (χ0n) is 17.8. The Labute approximate surface area is 179 Å². The van der Waals surface area contributed by atoms with Crippen LogP contribution in [0.1, 0.15) is 12.5 Å². The minimum absolute atomic E-state index is 0.340. The Morgan fingerprint density at radius 3 is 2.20 bits per heavy atom. The Balaban J connectivity index is 1.61. The summed E-state index contributed by atoms with van der Waals surface area (Å²) < 4.78 is 25.7. The van der Waals surface area contributed by atoms with E-state index in [0.717, 1.165) is 42.3 Å². The lowest BCUT2D eigenvalue weighted by Crippen LogP contribution is -2.47. The van der Waals surface area contributed by atoms with Crippen molar-refractivity contribution in [3.63, 3.8) is 0 Å². The SMILES string of the molecule is C[C@H](C(=O)NCc1ccc(N2CCN(C)CC2)cc1)N(c1ccccc1)S(C)(=O)=O. The third-order valence-electron chi connectivity index (χ3n) is 5.37. The summed E-state index contributed by atoms with van der Waals surface area (Å²) in [7, 11) is -1.47. The number of carbonyl (C=O) groups is 1. The van der Waals surface area contributed by atoms with Crippen LogP contribution in [0.2, 0.25) is 0 Å². The summed E-state index contributed by atoms with van der Waals surface area (Å²) in [5.41, 5.74) is 2.62. The molecular weight excluding hydrogens is 400 g/mol. The molecule has 0 bridgehead atoms. The molecule has 1 N–H and O–H groups in total. The van der Waals surface area contributed by atoms with Crippen LogP contribution < -0.4 is 14.5 Å². The summed E-state index contributed by atoms with van der Waals surface area (Å²) in [6.45, 7) is 6.05. The smallest absolute Gasteiger partial charge is 0.243 e. The summed E-state index contributed by atoms with van der Waals surface area (Å²) >= 11 is 0. The van der Waals surface area contributed by atoms with Gasteiger partial charge in [-0.2, -0.15) is 0 Å². The fraction of sp³-hybridized carbons (Fsp3) is 0.409. The third-order valence-corrected chi connectivity index (χ3v) is 6.61. The van der Waals surface area contributed by atoms with E-state index in [0.29, 0.717) is 12.2 Å². The molecule has 2 aromatic carbocycles. The number of para-hydroxylation sites is 1. The van der Waals surface area contributed by atoms with Gasteiger partial charge in [0.15, 0.2) is 0 Å². The van der Waals surface area contributed by atoms with Crippen LogP contribution in [-0.4, -0.2) is 64.7 Å². The number of sulfonamides is 1. The quantitative estimate of drug-likeness (QED) is 0.727. The van der Waals surface area contributed by atoms with Gasteiger partial charge in [0.25, 0.3) is 0 Å². The first kappa shape index (κ1) is 22.1. The van der Waals surface area contributed by atoms with Crippen molar-refractivity contribution < 1.29 is 13.2 Å². The maximum Gasteiger partial charge on any atom is 0.243 e. The lowest BCUT2D eigenvalue weighted by atomic mass is 10.1. The molecule has 0 aliphatic carbocycles. The lowest BCUT2D eigenvalue weighted by molar-refractivity contribution is -0.122. The maximum atomic E-state index is 12.7. The number of hydrogen-bond donors (Lipinski definition) is 1. The van der Waals surface area contributed by atoms with Gasteiger partial charge in [0.2, 0.25) is 15.9 Å². The average molecular weight is 431 g/mol. The van der Waals surface area contributed by atoms with Crippen molar-refractivity contribution in [3.05, 3.63) is 60.2 Å². The van der Waals surface area contributed by atoms with Crippen molar-refractivity contribution in [2.24, 2.45) is 0 Å². The monoisotopic (exact) mass is 430 g/mol. The number of likely N-dealkylation sites (N-methyl/N-ethyl adjacent to an activating group) is 1. The second-order valence-corrected chi connectivity index (χ2v) is 9.60. The van der Waals surface area contributed by atoms with Gasteiger partial charge in [0.1, 0.15) is 6.04 Å². The van der Waals surface area contributed by atoms with E-state index < -0.39 is 16.1 Å². The first-order chi connectivity index (χ1) is 14.3. The van der Waals surface area contributed by atoms with Gasteiger partial charge in [0.05, 0.1) is 11.9 Å². The number of carbonyl (C=O) groups excluding carboxylic acids is 1.